The van der Waals surface area contributed by atoms with Crippen LogP contribution in [0.4, 0.5) is 0 Å². The fraction of sp³-hybridized carbons (Fsp3) is 0.583. The highest BCUT2D eigenvalue weighted by molar-refractivity contribution is 6.31. The molecule has 1 fully saturated rings. The third kappa shape index (κ3) is 2.88. The van der Waals surface area contributed by atoms with E-state index in [-0.39, 0.29) is 11.5 Å². The minimum absolute atomic E-state index is 0.00940. The number of alkyl halides is 1. The molecule has 2 rings (SSSR count). The molecule has 0 saturated carbocycles. The molecule has 0 bridgehead atoms. The van der Waals surface area contributed by atoms with Crippen molar-refractivity contribution in [3.05, 3.63) is 29.0 Å². The molecule has 0 aliphatic carbocycles. The van der Waals surface area contributed by atoms with E-state index in [9.17, 15) is 0 Å². The van der Waals surface area contributed by atoms with Gasteiger partial charge in [0.15, 0.2) is 0 Å². The summed E-state index contributed by atoms with van der Waals surface area (Å²) in [6, 6.07) is 1.91. The lowest BCUT2D eigenvalue weighted by molar-refractivity contribution is 0.0535. The summed E-state index contributed by atoms with van der Waals surface area (Å²) in [5.41, 5.74) is 1.04. The van der Waals surface area contributed by atoms with Crippen molar-refractivity contribution in [2.75, 3.05) is 0 Å². The van der Waals surface area contributed by atoms with Crippen LogP contribution in [-0.4, -0.2) is 22.6 Å². The van der Waals surface area contributed by atoms with Crippen molar-refractivity contribution in [2.45, 2.75) is 43.8 Å². The van der Waals surface area contributed by atoms with Gasteiger partial charge in [-0.15, -0.1) is 11.6 Å². The van der Waals surface area contributed by atoms with Crippen LogP contribution in [0.15, 0.2) is 18.5 Å². The van der Waals surface area contributed by atoms with E-state index in [4.69, 9.17) is 27.9 Å². The highest BCUT2D eigenvalue weighted by atomic mass is 35.5. The molecule has 88 valence electrons. The Hall–Kier alpha value is -0.310. The summed E-state index contributed by atoms with van der Waals surface area (Å²) in [5, 5.41) is 0.670. The lowest BCUT2D eigenvalue weighted by Crippen LogP contribution is -2.23. The molecule has 1 aliphatic rings. The van der Waals surface area contributed by atoms with Crippen LogP contribution in [0.25, 0.3) is 0 Å². The maximum Gasteiger partial charge on any atom is 0.0746 e. The Morgan fingerprint density at radius 1 is 1.56 bits per heavy atom. The van der Waals surface area contributed by atoms with Crippen LogP contribution in [0.2, 0.25) is 5.02 Å². The maximum absolute atomic E-state index is 6.35. The monoisotopic (exact) mass is 259 g/mol. The second-order valence-corrected chi connectivity index (χ2v) is 5.22. The van der Waals surface area contributed by atoms with Gasteiger partial charge >= 0.3 is 0 Å². The van der Waals surface area contributed by atoms with Gasteiger partial charge in [0.1, 0.15) is 0 Å². The fourth-order valence-electron chi connectivity index (χ4n) is 2.01. The molecule has 3 atom stereocenters. The number of hydrogen-bond acceptors (Lipinski definition) is 2. The SMILES string of the molecule is CC1CCC(C(Cl)Cc2ccncc2Cl)O1. The van der Waals surface area contributed by atoms with Crippen molar-refractivity contribution in [1.82, 2.24) is 4.98 Å². The second-order valence-electron chi connectivity index (χ2n) is 4.25. The summed E-state index contributed by atoms with van der Waals surface area (Å²) in [7, 11) is 0. The molecule has 2 heterocycles. The highest BCUT2D eigenvalue weighted by Crippen LogP contribution is 2.28. The average molecular weight is 260 g/mol. The zero-order valence-electron chi connectivity index (χ0n) is 9.20. The minimum Gasteiger partial charge on any atom is -0.374 e. The van der Waals surface area contributed by atoms with E-state index in [0.29, 0.717) is 11.1 Å². The molecule has 0 N–H and O–H groups in total. The zero-order chi connectivity index (χ0) is 11.5. The van der Waals surface area contributed by atoms with Crippen molar-refractivity contribution >= 4 is 23.2 Å². The number of halogens is 2. The van der Waals surface area contributed by atoms with Crippen LogP contribution in [-0.2, 0) is 11.2 Å². The number of nitrogens with zero attached hydrogens (tertiary/aromatic N) is 1. The van der Waals surface area contributed by atoms with Crippen LogP contribution in [0.5, 0.6) is 0 Å². The lowest BCUT2D eigenvalue weighted by atomic mass is 10.1. The molecular weight excluding hydrogens is 245 g/mol. The summed E-state index contributed by atoms with van der Waals surface area (Å²) < 4.78 is 5.74. The zero-order valence-corrected chi connectivity index (χ0v) is 10.7. The molecule has 1 aliphatic heterocycles. The molecule has 3 unspecified atom stereocenters. The quantitative estimate of drug-likeness (QED) is 0.776. The minimum atomic E-state index is -0.00940. The summed E-state index contributed by atoms with van der Waals surface area (Å²) in [4.78, 5) is 3.96. The van der Waals surface area contributed by atoms with Gasteiger partial charge in [0, 0.05) is 12.4 Å². The van der Waals surface area contributed by atoms with E-state index in [2.05, 4.69) is 11.9 Å². The number of rotatable bonds is 3. The van der Waals surface area contributed by atoms with Crippen molar-refractivity contribution in [3.63, 3.8) is 0 Å². The van der Waals surface area contributed by atoms with Gasteiger partial charge in [-0.1, -0.05) is 11.6 Å². The predicted octanol–water partition coefficient (Wildman–Crippen LogP) is 3.45. The molecule has 1 saturated heterocycles. The third-order valence-electron chi connectivity index (χ3n) is 2.94. The first kappa shape index (κ1) is 12.2. The number of pyridine rings is 1. The molecule has 1 aromatic heterocycles. The Morgan fingerprint density at radius 3 is 3.00 bits per heavy atom. The lowest BCUT2D eigenvalue weighted by Gasteiger charge is -2.17. The van der Waals surface area contributed by atoms with Gasteiger partial charge < -0.3 is 4.74 Å². The van der Waals surface area contributed by atoms with E-state index < -0.39 is 0 Å². The molecule has 0 radical (unpaired) electrons. The first-order valence-corrected chi connectivity index (χ1v) is 6.36. The predicted molar refractivity (Wildman–Crippen MR) is 66.2 cm³/mol. The third-order valence-corrected chi connectivity index (χ3v) is 3.72. The molecule has 0 amide bonds. The fourth-order valence-corrected chi connectivity index (χ4v) is 2.56. The Labute approximate surface area is 106 Å². The maximum atomic E-state index is 6.35. The number of hydrogen-bond donors (Lipinski definition) is 0. The first-order valence-electron chi connectivity index (χ1n) is 5.54. The van der Waals surface area contributed by atoms with Crippen LogP contribution in [0, 0.1) is 0 Å². The summed E-state index contributed by atoms with van der Waals surface area (Å²) in [5.74, 6) is 0. The summed E-state index contributed by atoms with van der Waals surface area (Å²) >= 11 is 12.4. The van der Waals surface area contributed by atoms with Crippen LogP contribution in [0.1, 0.15) is 25.3 Å². The molecule has 0 aromatic carbocycles. The Bertz CT molecular complexity index is 359. The smallest absolute Gasteiger partial charge is 0.0746 e. The van der Waals surface area contributed by atoms with Gasteiger partial charge in [-0.2, -0.15) is 0 Å². The van der Waals surface area contributed by atoms with E-state index >= 15 is 0 Å². The van der Waals surface area contributed by atoms with Crippen LogP contribution < -0.4 is 0 Å². The highest BCUT2D eigenvalue weighted by Gasteiger charge is 2.28. The molecule has 0 spiro atoms. The van der Waals surface area contributed by atoms with Crippen LogP contribution >= 0.6 is 23.2 Å². The van der Waals surface area contributed by atoms with Gasteiger partial charge in [-0.25, -0.2) is 0 Å². The van der Waals surface area contributed by atoms with Gasteiger partial charge in [-0.3, -0.25) is 4.98 Å². The van der Waals surface area contributed by atoms with E-state index in [1.807, 2.05) is 6.07 Å². The number of ether oxygens (including phenoxy) is 1. The molecule has 2 nitrogen and oxygen atoms in total. The van der Waals surface area contributed by atoms with E-state index in [0.717, 1.165) is 24.8 Å². The largest absolute Gasteiger partial charge is 0.374 e. The number of aromatic nitrogens is 1. The Morgan fingerprint density at radius 2 is 2.38 bits per heavy atom. The van der Waals surface area contributed by atoms with Gasteiger partial charge in [-0.05, 0) is 37.8 Å². The van der Waals surface area contributed by atoms with Crippen molar-refractivity contribution in [2.24, 2.45) is 0 Å². The second kappa shape index (κ2) is 5.35. The van der Waals surface area contributed by atoms with E-state index in [1.165, 1.54) is 0 Å². The van der Waals surface area contributed by atoms with Crippen LogP contribution in [0.3, 0.4) is 0 Å². The topological polar surface area (TPSA) is 22.1 Å². The van der Waals surface area contributed by atoms with Crippen molar-refractivity contribution in [1.29, 1.82) is 0 Å². The molecule has 4 heteroatoms. The van der Waals surface area contributed by atoms with E-state index in [1.54, 1.807) is 12.4 Å². The van der Waals surface area contributed by atoms with Gasteiger partial charge in [0.05, 0.1) is 22.6 Å². The standard InChI is InChI=1S/C12H15Cl2NO/c1-8-2-3-12(16-8)10(13)6-9-4-5-15-7-11(9)14/h4-5,7-8,10,12H,2-3,6H2,1H3. The molecular formula is C12H15Cl2NO. The normalized spacial score (nSPS) is 26.9. The van der Waals surface area contributed by atoms with Crippen molar-refractivity contribution in [3.8, 4) is 0 Å². The van der Waals surface area contributed by atoms with Gasteiger partial charge in [0.2, 0.25) is 0 Å². The Balaban J connectivity index is 1.97. The first-order chi connectivity index (χ1) is 7.66. The summed E-state index contributed by atoms with van der Waals surface area (Å²) in [6.45, 7) is 2.09. The average Bonchev–Trinajstić information content (AvgIpc) is 2.68. The van der Waals surface area contributed by atoms with Gasteiger partial charge in [0.25, 0.3) is 0 Å². The Kier molecular flexibility index (Phi) is 4.06. The van der Waals surface area contributed by atoms with Crippen molar-refractivity contribution < 1.29 is 4.74 Å². The molecule has 1 aromatic rings. The molecule has 16 heavy (non-hydrogen) atoms. The summed E-state index contributed by atoms with van der Waals surface area (Å²) in [6.07, 6.45) is 6.75.